The Labute approximate surface area is 234 Å². The maximum atomic E-state index is 13.8. The van der Waals surface area contributed by atoms with Crippen LogP contribution in [0.25, 0.3) is 0 Å². The molecule has 9 heteroatoms. The number of amides is 1. The van der Waals surface area contributed by atoms with E-state index in [0.29, 0.717) is 18.5 Å². The summed E-state index contributed by atoms with van der Waals surface area (Å²) in [7, 11) is -1.98. The number of carbonyl (C=O) groups is 1. The number of hydrogen-bond acceptors (Lipinski definition) is 4. The van der Waals surface area contributed by atoms with E-state index in [1.165, 1.54) is 12.1 Å². The summed E-state index contributed by atoms with van der Waals surface area (Å²) in [5, 5.41) is 0. The molecule has 4 aromatic rings. The zero-order chi connectivity index (χ0) is 28.3. The van der Waals surface area contributed by atoms with Gasteiger partial charge in [0.2, 0.25) is 15.9 Å². The summed E-state index contributed by atoms with van der Waals surface area (Å²) < 4.78 is 44.4. The van der Waals surface area contributed by atoms with Crippen molar-refractivity contribution in [1.82, 2.24) is 14.3 Å². The fourth-order valence-corrected chi connectivity index (χ4v) is 6.48. The van der Waals surface area contributed by atoms with E-state index in [1.54, 1.807) is 11.1 Å². The Kier molecular flexibility index (Phi) is 8.14. The first-order valence-corrected chi connectivity index (χ1v) is 14.9. The summed E-state index contributed by atoms with van der Waals surface area (Å²) in [6, 6.07) is 20.1. The standard InChI is InChI=1S/C31H33FN4O3S/c1-22(23-7-4-3-5-8-23)19-31(37)36(21-30-33-17-18-35(30)2)26-14-11-24-9-6-10-29(28(24)20-26)34-40(38,39)27-15-12-25(32)13-16-27/h3-5,7-8,11-18,20,22,29,34H,6,9-10,19,21H2,1-2H3/t22-,29-/m0/s1. The third-order valence-corrected chi connectivity index (χ3v) is 9.04. The summed E-state index contributed by atoms with van der Waals surface area (Å²) in [4.78, 5) is 20.0. The number of imidazole rings is 1. The van der Waals surface area contributed by atoms with Crippen molar-refractivity contribution < 1.29 is 17.6 Å². The van der Waals surface area contributed by atoms with Crippen molar-refractivity contribution in [3.05, 3.63) is 114 Å². The molecule has 0 saturated carbocycles. The fourth-order valence-electron chi connectivity index (χ4n) is 5.23. The van der Waals surface area contributed by atoms with E-state index in [1.807, 2.05) is 73.3 Å². The topological polar surface area (TPSA) is 84.3 Å². The zero-order valence-corrected chi connectivity index (χ0v) is 23.4. The lowest BCUT2D eigenvalue weighted by Gasteiger charge is -2.30. The van der Waals surface area contributed by atoms with Gasteiger partial charge in [0, 0.05) is 37.6 Å². The van der Waals surface area contributed by atoms with Crippen LogP contribution in [-0.2, 0) is 34.8 Å². The van der Waals surface area contributed by atoms with Gasteiger partial charge < -0.3 is 9.47 Å². The van der Waals surface area contributed by atoms with E-state index in [2.05, 4.69) is 9.71 Å². The van der Waals surface area contributed by atoms with E-state index in [0.717, 1.165) is 47.5 Å². The van der Waals surface area contributed by atoms with Crippen LogP contribution in [0.15, 0.2) is 90.1 Å². The van der Waals surface area contributed by atoms with Crippen LogP contribution in [0.2, 0.25) is 0 Å². The van der Waals surface area contributed by atoms with Gasteiger partial charge >= 0.3 is 0 Å². The van der Waals surface area contributed by atoms with Crippen LogP contribution in [0.5, 0.6) is 0 Å². The summed E-state index contributed by atoms with van der Waals surface area (Å²) in [6.07, 6.45) is 6.13. The monoisotopic (exact) mass is 560 g/mol. The number of rotatable bonds is 9. The summed E-state index contributed by atoms with van der Waals surface area (Å²) in [5.74, 6) is 0.224. The quantitative estimate of drug-likeness (QED) is 0.287. The summed E-state index contributed by atoms with van der Waals surface area (Å²) in [5.41, 5.74) is 3.68. The van der Waals surface area contributed by atoms with Crippen LogP contribution in [0.4, 0.5) is 10.1 Å². The number of aromatic nitrogens is 2. The number of anilines is 1. The number of fused-ring (bicyclic) bond motifs is 1. The number of benzene rings is 3. The van der Waals surface area contributed by atoms with Gasteiger partial charge in [0.1, 0.15) is 11.6 Å². The Hall–Kier alpha value is -3.82. The first-order valence-electron chi connectivity index (χ1n) is 13.4. The average Bonchev–Trinajstić information content (AvgIpc) is 3.36. The molecule has 208 valence electrons. The Morgan fingerprint density at radius 2 is 1.88 bits per heavy atom. The van der Waals surface area contributed by atoms with Crippen molar-refractivity contribution in [3.8, 4) is 0 Å². The van der Waals surface area contributed by atoms with Crippen molar-refractivity contribution in [3.63, 3.8) is 0 Å². The Bertz CT molecular complexity index is 1590. The highest BCUT2D eigenvalue weighted by Gasteiger charge is 2.28. The first kappa shape index (κ1) is 27.7. The Balaban J connectivity index is 1.46. The average molecular weight is 561 g/mol. The number of nitrogens with zero attached hydrogens (tertiary/aromatic N) is 3. The number of sulfonamides is 1. The molecule has 0 bridgehead atoms. The molecule has 0 saturated heterocycles. The molecular weight excluding hydrogens is 527 g/mol. The maximum absolute atomic E-state index is 13.8. The molecule has 5 rings (SSSR count). The van der Waals surface area contributed by atoms with Crippen molar-refractivity contribution in [2.24, 2.45) is 7.05 Å². The van der Waals surface area contributed by atoms with Crippen molar-refractivity contribution >= 4 is 21.6 Å². The second-order valence-electron chi connectivity index (χ2n) is 10.4. The van der Waals surface area contributed by atoms with Gasteiger partial charge in [-0.2, -0.15) is 0 Å². The van der Waals surface area contributed by atoms with Crippen molar-refractivity contribution in [1.29, 1.82) is 0 Å². The van der Waals surface area contributed by atoms with Gasteiger partial charge in [-0.3, -0.25) is 4.79 Å². The smallest absolute Gasteiger partial charge is 0.241 e. The van der Waals surface area contributed by atoms with Crippen LogP contribution in [-0.4, -0.2) is 23.9 Å². The third kappa shape index (κ3) is 6.16. The molecule has 0 radical (unpaired) electrons. The van der Waals surface area contributed by atoms with Crippen LogP contribution < -0.4 is 9.62 Å². The van der Waals surface area contributed by atoms with Crippen molar-refractivity contribution in [2.45, 2.75) is 56.0 Å². The molecule has 40 heavy (non-hydrogen) atoms. The molecule has 1 aliphatic rings. The molecule has 0 unspecified atom stereocenters. The minimum absolute atomic E-state index is 0.0127. The van der Waals surface area contributed by atoms with E-state index in [-0.39, 0.29) is 23.3 Å². The van der Waals surface area contributed by atoms with Gasteiger partial charge in [-0.05, 0) is 78.3 Å². The summed E-state index contributed by atoms with van der Waals surface area (Å²) >= 11 is 0. The number of carbonyl (C=O) groups excluding carboxylic acids is 1. The Morgan fingerprint density at radius 1 is 1.12 bits per heavy atom. The third-order valence-electron chi connectivity index (χ3n) is 7.55. The second kappa shape index (κ2) is 11.7. The molecule has 2 atom stereocenters. The van der Waals surface area contributed by atoms with Crippen molar-refractivity contribution in [2.75, 3.05) is 4.90 Å². The highest BCUT2D eigenvalue weighted by atomic mass is 32.2. The predicted octanol–water partition coefficient (Wildman–Crippen LogP) is 5.64. The van der Waals surface area contributed by atoms with Crippen LogP contribution in [0.3, 0.4) is 0 Å². The van der Waals surface area contributed by atoms with Crippen LogP contribution >= 0.6 is 0 Å². The molecule has 1 aromatic heterocycles. The van der Waals surface area contributed by atoms with Crippen LogP contribution in [0, 0.1) is 5.82 Å². The SMILES string of the molecule is C[C@@H](CC(=O)N(Cc1nccn1C)c1ccc2c(c1)[C@@H](NS(=O)(=O)c1ccc(F)cc1)CCC2)c1ccccc1. The molecule has 7 nitrogen and oxygen atoms in total. The normalized spacial score (nSPS) is 15.8. The van der Waals surface area contributed by atoms with E-state index in [9.17, 15) is 17.6 Å². The fraction of sp³-hybridized carbons (Fsp3) is 0.290. The molecule has 0 fully saturated rings. The predicted molar refractivity (Wildman–Crippen MR) is 153 cm³/mol. The highest BCUT2D eigenvalue weighted by Crippen LogP contribution is 2.35. The largest absolute Gasteiger partial charge is 0.337 e. The molecule has 1 heterocycles. The van der Waals surface area contributed by atoms with E-state index < -0.39 is 21.9 Å². The minimum Gasteiger partial charge on any atom is -0.337 e. The van der Waals surface area contributed by atoms with E-state index >= 15 is 0 Å². The number of nitrogens with one attached hydrogen (secondary N) is 1. The highest BCUT2D eigenvalue weighted by molar-refractivity contribution is 7.89. The van der Waals surface area contributed by atoms with Gasteiger partial charge in [0.05, 0.1) is 11.4 Å². The number of hydrogen-bond donors (Lipinski definition) is 1. The molecule has 1 N–H and O–H groups in total. The lowest BCUT2D eigenvalue weighted by Crippen LogP contribution is -2.34. The molecule has 0 spiro atoms. The van der Waals surface area contributed by atoms with Gasteiger partial charge in [-0.25, -0.2) is 22.5 Å². The molecule has 0 aliphatic heterocycles. The molecule has 1 amide bonds. The lowest BCUT2D eigenvalue weighted by atomic mass is 9.87. The number of halogens is 1. The van der Waals surface area contributed by atoms with Crippen LogP contribution in [0.1, 0.15) is 60.7 Å². The summed E-state index contributed by atoms with van der Waals surface area (Å²) in [6.45, 7) is 2.33. The molecule has 3 aromatic carbocycles. The zero-order valence-electron chi connectivity index (χ0n) is 22.6. The molecular formula is C31H33FN4O3S. The van der Waals surface area contributed by atoms with Gasteiger partial charge in [0.25, 0.3) is 0 Å². The maximum Gasteiger partial charge on any atom is 0.241 e. The Morgan fingerprint density at radius 3 is 2.58 bits per heavy atom. The molecule has 1 aliphatic carbocycles. The first-order chi connectivity index (χ1) is 19.2. The lowest BCUT2D eigenvalue weighted by molar-refractivity contribution is -0.119. The van der Waals surface area contributed by atoms with Gasteiger partial charge in [-0.1, -0.05) is 43.3 Å². The van der Waals surface area contributed by atoms with Gasteiger partial charge in [0.15, 0.2) is 0 Å². The second-order valence-corrected chi connectivity index (χ2v) is 12.1. The van der Waals surface area contributed by atoms with Gasteiger partial charge in [-0.15, -0.1) is 0 Å². The minimum atomic E-state index is -3.87. The number of aryl methyl sites for hydroxylation is 2. The van der Waals surface area contributed by atoms with E-state index in [4.69, 9.17) is 0 Å².